The maximum Gasteiger partial charge on any atom is 0.311 e. The molecule has 6 nitrogen and oxygen atoms in total. The van der Waals surface area contributed by atoms with E-state index in [1.807, 2.05) is 62.4 Å². The number of para-hydroxylation sites is 1. The molecule has 0 aromatic heterocycles. The summed E-state index contributed by atoms with van der Waals surface area (Å²) in [7, 11) is 0. The summed E-state index contributed by atoms with van der Waals surface area (Å²) in [5, 5.41) is 2.73. The summed E-state index contributed by atoms with van der Waals surface area (Å²) < 4.78 is 5.13. The predicted molar refractivity (Wildman–Crippen MR) is 102 cm³/mol. The number of nitrogens with zero attached hydrogens (tertiary/aromatic N) is 1. The molecule has 1 N–H and O–H groups in total. The zero-order chi connectivity index (χ0) is 19.4. The third-order valence-electron chi connectivity index (χ3n) is 4.53. The van der Waals surface area contributed by atoms with Gasteiger partial charge in [0.1, 0.15) is 0 Å². The second-order valence-electron chi connectivity index (χ2n) is 6.72. The highest BCUT2D eigenvalue weighted by molar-refractivity contribution is 6.00. The van der Waals surface area contributed by atoms with Crippen molar-refractivity contribution in [2.75, 3.05) is 23.4 Å². The molecule has 6 heteroatoms. The highest BCUT2D eigenvalue weighted by Crippen LogP contribution is 2.25. The van der Waals surface area contributed by atoms with Crippen molar-refractivity contribution >= 4 is 29.2 Å². The number of carbonyl (C=O) groups excluding carboxylic acids is 3. The molecule has 0 bridgehead atoms. The smallest absolute Gasteiger partial charge is 0.311 e. The molecule has 1 aliphatic heterocycles. The number of anilines is 2. The molecular weight excluding hydrogens is 344 g/mol. The first-order chi connectivity index (χ1) is 12.9. The van der Waals surface area contributed by atoms with Gasteiger partial charge in [-0.2, -0.15) is 0 Å². The predicted octanol–water partition coefficient (Wildman–Crippen LogP) is 2.84. The number of carbonyl (C=O) groups is 3. The number of rotatable bonds is 5. The molecule has 1 atom stereocenters. The van der Waals surface area contributed by atoms with Gasteiger partial charge in [-0.3, -0.25) is 14.4 Å². The Bertz CT molecular complexity index is 864. The number of benzene rings is 2. The van der Waals surface area contributed by atoms with E-state index in [9.17, 15) is 14.4 Å². The fraction of sp³-hybridized carbons (Fsp3) is 0.286. The Morgan fingerprint density at radius 3 is 2.59 bits per heavy atom. The van der Waals surface area contributed by atoms with Gasteiger partial charge >= 0.3 is 5.97 Å². The van der Waals surface area contributed by atoms with Crippen LogP contribution in [0.5, 0.6) is 0 Å². The zero-order valence-corrected chi connectivity index (χ0v) is 15.4. The molecule has 1 fully saturated rings. The minimum atomic E-state index is -0.563. The first-order valence-corrected chi connectivity index (χ1v) is 8.83. The van der Waals surface area contributed by atoms with Crippen LogP contribution in [0.1, 0.15) is 17.5 Å². The Labute approximate surface area is 158 Å². The minimum Gasteiger partial charge on any atom is -0.455 e. The molecular formula is C21H22N2O4. The van der Waals surface area contributed by atoms with Gasteiger partial charge in [0.15, 0.2) is 6.61 Å². The lowest BCUT2D eigenvalue weighted by atomic mass is 10.1. The summed E-state index contributed by atoms with van der Waals surface area (Å²) in [6.45, 7) is 3.77. The molecule has 0 saturated carbocycles. The number of hydrogen-bond acceptors (Lipinski definition) is 4. The first-order valence-electron chi connectivity index (χ1n) is 8.83. The van der Waals surface area contributed by atoms with Crippen molar-refractivity contribution in [1.29, 1.82) is 0 Å². The van der Waals surface area contributed by atoms with Crippen LogP contribution in [0.4, 0.5) is 11.4 Å². The van der Waals surface area contributed by atoms with Gasteiger partial charge in [0, 0.05) is 24.3 Å². The standard InChI is InChI=1S/C21H22N2O4/c1-14-8-9-18(15(2)10-14)22-19(24)13-27-21(26)16-11-20(25)23(12-16)17-6-4-3-5-7-17/h3-10,16H,11-13H2,1-2H3,(H,22,24)/t16-/m1/s1. The summed E-state index contributed by atoms with van der Waals surface area (Å²) in [5.74, 6) is -1.62. The number of amides is 2. The summed E-state index contributed by atoms with van der Waals surface area (Å²) in [5.41, 5.74) is 3.48. The lowest BCUT2D eigenvalue weighted by molar-refractivity contribution is -0.151. The van der Waals surface area contributed by atoms with E-state index in [0.717, 1.165) is 16.8 Å². The van der Waals surface area contributed by atoms with Crippen molar-refractivity contribution in [3.63, 3.8) is 0 Å². The monoisotopic (exact) mass is 366 g/mol. The second kappa shape index (κ2) is 8.03. The highest BCUT2D eigenvalue weighted by Gasteiger charge is 2.36. The summed E-state index contributed by atoms with van der Waals surface area (Å²) in [6.07, 6.45) is 0.0897. The van der Waals surface area contributed by atoms with Gasteiger partial charge < -0.3 is 15.0 Å². The highest BCUT2D eigenvalue weighted by atomic mass is 16.5. The Morgan fingerprint density at radius 1 is 1.15 bits per heavy atom. The van der Waals surface area contributed by atoms with Gasteiger partial charge in [-0.15, -0.1) is 0 Å². The molecule has 2 aromatic carbocycles. The van der Waals surface area contributed by atoms with Gasteiger partial charge in [-0.05, 0) is 37.6 Å². The van der Waals surface area contributed by atoms with E-state index in [0.29, 0.717) is 5.69 Å². The Hall–Kier alpha value is -3.15. The number of ether oxygens (including phenoxy) is 1. The van der Waals surface area contributed by atoms with Crippen LogP contribution in [0.2, 0.25) is 0 Å². The third kappa shape index (κ3) is 4.53. The van der Waals surface area contributed by atoms with Crippen LogP contribution in [-0.4, -0.2) is 30.9 Å². The van der Waals surface area contributed by atoms with Crippen LogP contribution in [0, 0.1) is 19.8 Å². The van der Waals surface area contributed by atoms with Crippen LogP contribution < -0.4 is 10.2 Å². The van der Waals surface area contributed by atoms with Gasteiger partial charge in [0.25, 0.3) is 5.91 Å². The van der Waals surface area contributed by atoms with E-state index in [1.54, 1.807) is 4.90 Å². The molecule has 1 heterocycles. The van der Waals surface area contributed by atoms with Crippen LogP contribution >= 0.6 is 0 Å². The summed E-state index contributed by atoms with van der Waals surface area (Å²) in [4.78, 5) is 38.1. The maximum atomic E-state index is 12.3. The molecule has 3 rings (SSSR count). The third-order valence-corrected chi connectivity index (χ3v) is 4.53. The van der Waals surface area contributed by atoms with Gasteiger partial charge in [0.05, 0.1) is 5.92 Å². The number of hydrogen-bond donors (Lipinski definition) is 1. The van der Waals surface area contributed by atoms with Crippen molar-refractivity contribution < 1.29 is 19.1 Å². The van der Waals surface area contributed by atoms with E-state index >= 15 is 0 Å². The fourth-order valence-corrected chi connectivity index (χ4v) is 3.12. The number of nitrogens with one attached hydrogen (secondary N) is 1. The fourth-order valence-electron chi connectivity index (χ4n) is 3.12. The molecule has 27 heavy (non-hydrogen) atoms. The van der Waals surface area contributed by atoms with Crippen molar-refractivity contribution in [1.82, 2.24) is 0 Å². The molecule has 0 unspecified atom stereocenters. The van der Waals surface area contributed by atoms with Crippen molar-refractivity contribution in [2.24, 2.45) is 5.92 Å². The molecule has 1 saturated heterocycles. The summed E-state index contributed by atoms with van der Waals surface area (Å²) in [6, 6.07) is 14.9. The second-order valence-corrected chi connectivity index (χ2v) is 6.72. The Kier molecular flexibility index (Phi) is 5.54. The molecule has 0 spiro atoms. The van der Waals surface area contributed by atoms with E-state index in [1.165, 1.54) is 0 Å². The van der Waals surface area contributed by atoms with Gasteiger partial charge in [-0.25, -0.2) is 0 Å². The Balaban J connectivity index is 1.52. The average molecular weight is 366 g/mol. The average Bonchev–Trinajstić information content (AvgIpc) is 3.04. The van der Waals surface area contributed by atoms with Gasteiger partial charge in [0.2, 0.25) is 5.91 Å². The SMILES string of the molecule is Cc1ccc(NC(=O)COC(=O)[C@@H]2CC(=O)N(c3ccccc3)C2)c(C)c1. The van der Waals surface area contributed by atoms with Crippen LogP contribution in [0.3, 0.4) is 0 Å². The van der Waals surface area contributed by atoms with E-state index in [-0.39, 0.29) is 25.5 Å². The van der Waals surface area contributed by atoms with Crippen LogP contribution in [0.15, 0.2) is 48.5 Å². The molecule has 2 aromatic rings. The van der Waals surface area contributed by atoms with Crippen LogP contribution in [0.25, 0.3) is 0 Å². The van der Waals surface area contributed by atoms with E-state index in [4.69, 9.17) is 4.74 Å². The Morgan fingerprint density at radius 2 is 1.89 bits per heavy atom. The normalized spacial score (nSPS) is 16.3. The molecule has 0 radical (unpaired) electrons. The maximum absolute atomic E-state index is 12.3. The van der Waals surface area contributed by atoms with Crippen molar-refractivity contribution in [2.45, 2.75) is 20.3 Å². The molecule has 1 aliphatic rings. The topological polar surface area (TPSA) is 75.7 Å². The quantitative estimate of drug-likeness (QED) is 0.826. The van der Waals surface area contributed by atoms with Crippen molar-refractivity contribution in [3.05, 3.63) is 59.7 Å². The molecule has 2 amide bonds. The number of aryl methyl sites for hydroxylation is 2. The largest absolute Gasteiger partial charge is 0.455 e. The van der Waals surface area contributed by atoms with Gasteiger partial charge in [-0.1, -0.05) is 35.9 Å². The number of esters is 1. The summed E-state index contributed by atoms with van der Waals surface area (Å²) >= 11 is 0. The van der Waals surface area contributed by atoms with Crippen LogP contribution in [-0.2, 0) is 19.1 Å². The molecule has 140 valence electrons. The van der Waals surface area contributed by atoms with E-state index in [2.05, 4.69) is 5.32 Å². The zero-order valence-electron chi connectivity index (χ0n) is 15.4. The van der Waals surface area contributed by atoms with E-state index < -0.39 is 17.8 Å². The lowest BCUT2D eigenvalue weighted by Gasteiger charge is -2.16. The lowest BCUT2D eigenvalue weighted by Crippen LogP contribution is -2.28. The molecule has 0 aliphatic carbocycles. The minimum absolute atomic E-state index is 0.0897. The first kappa shape index (κ1) is 18.6. The van der Waals surface area contributed by atoms with Crippen molar-refractivity contribution in [3.8, 4) is 0 Å².